The van der Waals surface area contributed by atoms with Crippen LogP contribution >= 0.6 is 14.2 Å². The van der Waals surface area contributed by atoms with E-state index in [0.717, 1.165) is 28.2 Å². The molecule has 0 fully saturated rings. The summed E-state index contributed by atoms with van der Waals surface area (Å²) in [7, 11) is 0. The SMILES string of the molecule is Cc1[c-]c(-c2cccc(-c3ccccn3)n2)ccc1.[Ni][Br]. The molecule has 0 N–H and O–H groups in total. The summed E-state index contributed by atoms with van der Waals surface area (Å²) in [5.41, 5.74) is 4.82. The van der Waals surface area contributed by atoms with E-state index in [-0.39, 0.29) is 0 Å². The first-order chi connectivity index (χ1) is 10.3. The van der Waals surface area contributed by atoms with Gasteiger partial charge < -0.3 is 0 Å². The Kier molecular flexibility index (Phi) is 6.09. The molecule has 0 radical (unpaired) electrons. The quantitative estimate of drug-likeness (QED) is 0.471. The molecule has 2 nitrogen and oxygen atoms in total. The van der Waals surface area contributed by atoms with E-state index in [0.29, 0.717) is 0 Å². The van der Waals surface area contributed by atoms with E-state index in [1.807, 2.05) is 61.5 Å². The number of rotatable bonds is 2. The third-order valence-electron chi connectivity index (χ3n) is 2.89. The summed E-state index contributed by atoms with van der Waals surface area (Å²) in [5.74, 6) is 0. The molecule has 21 heavy (non-hydrogen) atoms. The number of nitrogens with zero attached hydrogens (tertiary/aromatic N) is 2. The van der Waals surface area contributed by atoms with Gasteiger partial charge in [0.25, 0.3) is 0 Å². The zero-order valence-electron chi connectivity index (χ0n) is 11.4. The fourth-order valence-electron chi connectivity index (χ4n) is 1.98. The molecule has 0 aliphatic rings. The minimum atomic E-state index is 0.882. The van der Waals surface area contributed by atoms with Crippen molar-refractivity contribution in [1.29, 1.82) is 0 Å². The first kappa shape index (κ1) is 15.9. The summed E-state index contributed by atoms with van der Waals surface area (Å²) < 4.78 is 0. The van der Waals surface area contributed by atoms with Crippen molar-refractivity contribution in [2.45, 2.75) is 6.92 Å². The predicted octanol–water partition coefficient (Wildman–Crippen LogP) is 4.76. The molecule has 4 heteroatoms. The predicted molar refractivity (Wildman–Crippen MR) is 85.4 cm³/mol. The van der Waals surface area contributed by atoms with Crippen molar-refractivity contribution in [2.24, 2.45) is 0 Å². The van der Waals surface area contributed by atoms with Gasteiger partial charge in [-0.2, -0.15) is 0 Å². The Bertz CT molecular complexity index is 702. The molecule has 0 amide bonds. The Morgan fingerprint density at radius 1 is 0.857 bits per heavy atom. The third-order valence-corrected chi connectivity index (χ3v) is 2.89. The molecule has 2 aromatic heterocycles. The van der Waals surface area contributed by atoms with Gasteiger partial charge in [-0.1, -0.05) is 25.1 Å². The minimum absolute atomic E-state index is 0.882. The topological polar surface area (TPSA) is 25.8 Å². The molecule has 0 bridgehead atoms. The molecule has 0 saturated carbocycles. The first-order valence-corrected chi connectivity index (χ1v) is 8.77. The van der Waals surface area contributed by atoms with Gasteiger partial charge in [0.1, 0.15) is 0 Å². The van der Waals surface area contributed by atoms with Crippen molar-refractivity contribution >= 4 is 14.2 Å². The first-order valence-electron chi connectivity index (χ1n) is 6.33. The van der Waals surface area contributed by atoms with Crippen LogP contribution in [0.2, 0.25) is 0 Å². The van der Waals surface area contributed by atoms with Gasteiger partial charge >= 0.3 is 27.9 Å². The van der Waals surface area contributed by atoms with Crippen LogP contribution in [0.5, 0.6) is 0 Å². The Morgan fingerprint density at radius 2 is 1.57 bits per heavy atom. The summed E-state index contributed by atoms with van der Waals surface area (Å²) in [6.07, 6.45) is 1.78. The van der Waals surface area contributed by atoms with Gasteiger partial charge in [-0.05, 0) is 23.9 Å². The van der Waals surface area contributed by atoms with E-state index in [4.69, 9.17) is 0 Å². The van der Waals surface area contributed by atoms with Gasteiger partial charge in [0.2, 0.25) is 0 Å². The number of aromatic nitrogens is 2. The van der Waals surface area contributed by atoms with Crippen molar-refractivity contribution in [3.05, 3.63) is 72.4 Å². The van der Waals surface area contributed by atoms with Crippen LogP contribution in [0.3, 0.4) is 0 Å². The third kappa shape index (κ3) is 4.23. The Hall–Kier alpha value is -1.51. The van der Waals surface area contributed by atoms with Crippen molar-refractivity contribution in [3.8, 4) is 22.6 Å². The molecule has 2 heterocycles. The summed E-state index contributed by atoms with van der Waals surface area (Å²) in [6.45, 7) is 2.03. The number of halogens is 1. The standard InChI is InChI=1S/C17H13N2.BrH.Ni/c1-13-6-4-7-14(12-13)15-9-5-10-17(19-15)16-8-2-3-11-18-16;;/h2-11H,1H3;1H;/q-1;;+1/p-1. The van der Waals surface area contributed by atoms with Crippen molar-refractivity contribution < 1.29 is 13.7 Å². The van der Waals surface area contributed by atoms with Gasteiger partial charge in [0.15, 0.2) is 0 Å². The van der Waals surface area contributed by atoms with Gasteiger partial charge in [-0.25, -0.2) is 0 Å². The van der Waals surface area contributed by atoms with Crippen LogP contribution in [-0.4, -0.2) is 9.97 Å². The fourth-order valence-corrected chi connectivity index (χ4v) is 1.98. The number of aryl methyl sites for hydroxylation is 1. The van der Waals surface area contributed by atoms with Crippen LogP contribution in [0.4, 0.5) is 0 Å². The molecule has 0 unspecified atom stereocenters. The van der Waals surface area contributed by atoms with Crippen LogP contribution in [0.15, 0.2) is 60.8 Å². The van der Waals surface area contributed by atoms with Crippen LogP contribution in [0.25, 0.3) is 22.6 Å². The van der Waals surface area contributed by atoms with Gasteiger partial charge in [0.05, 0.1) is 11.4 Å². The van der Waals surface area contributed by atoms with Crippen LogP contribution < -0.4 is 0 Å². The fraction of sp³-hybridized carbons (Fsp3) is 0.0588. The van der Waals surface area contributed by atoms with Gasteiger partial charge in [-0.3, -0.25) is 9.97 Å². The number of pyridine rings is 2. The molecular formula is C17H13BrN2Ni-. The molecule has 0 aliphatic heterocycles. The van der Waals surface area contributed by atoms with E-state index < -0.39 is 0 Å². The summed E-state index contributed by atoms with van der Waals surface area (Å²) in [5, 5.41) is 0. The molecular weight excluding hydrogens is 371 g/mol. The number of hydrogen-bond acceptors (Lipinski definition) is 2. The van der Waals surface area contributed by atoms with Crippen LogP contribution in [0, 0.1) is 13.0 Å². The summed E-state index contributed by atoms with van der Waals surface area (Å²) in [4.78, 5) is 8.99. The Balaban J connectivity index is 0.000000774. The van der Waals surface area contributed by atoms with Crippen molar-refractivity contribution in [2.75, 3.05) is 0 Å². The van der Waals surface area contributed by atoms with E-state index in [1.165, 1.54) is 0 Å². The van der Waals surface area contributed by atoms with Gasteiger partial charge in [-0.15, -0.1) is 35.4 Å². The molecule has 0 saturated heterocycles. The Morgan fingerprint density at radius 3 is 2.29 bits per heavy atom. The zero-order chi connectivity index (χ0) is 15.1. The van der Waals surface area contributed by atoms with Crippen LogP contribution in [-0.2, 0) is 13.7 Å². The second kappa shape index (κ2) is 8.06. The van der Waals surface area contributed by atoms with Crippen molar-refractivity contribution in [3.63, 3.8) is 0 Å². The second-order valence-corrected chi connectivity index (χ2v) is 4.37. The maximum absolute atomic E-state index is 4.66. The molecule has 0 aliphatic carbocycles. The monoisotopic (exact) mass is 382 g/mol. The Labute approximate surface area is 139 Å². The second-order valence-electron chi connectivity index (χ2n) is 4.37. The molecule has 3 rings (SSSR count). The normalized spacial score (nSPS) is 9.71. The van der Waals surface area contributed by atoms with Gasteiger partial charge in [0, 0.05) is 6.20 Å². The van der Waals surface area contributed by atoms with E-state index >= 15 is 0 Å². The van der Waals surface area contributed by atoms with E-state index in [1.54, 1.807) is 6.20 Å². The number of hydrogen-bond donors (Lipinski definition) is 0. The molecule has 0 spiro atoms. The maximum atomic E-state index is 4.66. The van der Waals surface area contributed by atoms with E-state index in [9.17, 15) is 0 Å². The molecule has 109 valence electrons. The zero-order valence-corrected chi connectivity index (χ0v) is 13.9. The van der Waals surface area contributed by atoms with Crippen LogP contribution in [0.1, 0.15) is 5.56 Å². The number of benzene rings is 1. The summed E-state index contributed by atoms with van der Waals surface area (Å²) in [6, 6.07) is 21.2. The van der Waals surface area contributed by atoms with Crippen molar-refractivity contribution in [1.82, 2.24) is 9.97 Å². The molecule has 3 aromatic rings. The van der Waals surface area contributed by atoms with E-state index in [2.05, 4.69) is 44.0 Å². The average molecular weight is 384 g/mol. The average Bonchev–Trinajstić information content (AvgIpc) is 2.58. The molecule has 0 atom stereocenters. The molecule has 1 aromatic carbocycles. The summed E-state index contributed by atoms with van der Waals surface area (Å²) >= 11 is 6.25.